The van der Waals surface area contributed by atoms with Gasteiger partial charge in [0.15, 0.2) is 0 Å². The van der Waals surface area contributed by atoms with Crippen LogP contribution in [0.5, 0.6) is 5.88 Å². The van der Waals surface area contributed by atoms with Gasteiger partial charge in [0, 0.05) is 31.7 Å². The van der Waals surface area contributed by atoms with Crippen molar-refractivity contribution in [3.8, 4) is 5.88 Å². The molecule has 2 aliphatic rings. The van der Waals surface area contributed by atoms with Gasteiger partial charge in [0.2, 0.25) is 5.88 Å². The van der Waals surface area contributed by atoms with Crippen LogP contribution in [0.25, 0.3) is 0 Å². The Hall–Kier alpha value is -2.48. The highest BCUT2D eigenvalue weighted by Gasteiger charge is 2.50. The highest BCUT2D eigenvalue weighted by molar-refractivity contribution is 5.96. The molecule has 2 fully saturated rings. The summed E-state index contributed by atoms with van der Waals surface area (Å²) in [5.41, 5.74) is 0.921. The van der Waals surface area contributed by atoms with E-state index >= 15 is 0 Å². The molecule has 0 N–H and O–H groups in total. The van der Waals surface area contributed by atoms with Gasteiger partial charge in [-0.15, -0.1) is 0 Å². The predicted octanol–water partition coefficient (Wildman–Crippen LogP) is 2.18. The van der Waals surface area contributed by atoms with E-state index in [1.54, 1.807) is 18.6 Å². The van der Waals surface area contributed by atoms with Gasteiger partial charge in [-0.1, -0.05) is 12.1 Å². The molecule has 4 rings (SSSR count). The molecule has 2 aromatic heterocycles. The van der Waals surface area contributed by atoms with Crippen molar-refractivity contribution in [2.75, 3.05) is 19.7 Å². The van der Waals surface area contributed by atoms with E-state index in [4.69, 9.17) is 14.0 Å². The van der Waals surface area contributed by atoms with Crippen LogP contribution in [-0.2, 0) is 11.2 Å². The normalized spacial score (nSPS) is 21.1. The predicted molar refractivity (Wildman–Crippen MR) is 95.5 cm³/mol. The number of hydrogen-bond acceptors (Lipinski definition) is 7. The summed E-state index contributed by atoms with van der Waals surface area (Å²) in [6, 6.07) is 0. The van der Waals surface area contributed by atoms with E-state index in [1.807, 2.05) is 11.8 Å². The maximum atomic E-state index is 12.9. The van der Waals surface area contributed by atoms with Crippen molar-refractivity contribution >= 4 is 5.91 Å². The average molecular weight is 372 g/mol. The summed E-state index contributed by atoms with van der Waals surface area (Å²) in [5, 5.41) is 3.97. The van der Waals surface area contributed by atoms with Crippen molar-refractivity contribution in [3.05, 3.63) is 35.6 Å². The van der Waals surface area contributed by atoms with E-state index in [1.165, 1.54) is 0 Å². The van der Waals surface area contributed by atoms with Gasteiger partial charge < -0.3 is 18.9 Å². The smallest absolute Gasteiger partial charge is 0.259 e. The molecule has 1 spiro atoms. The molecule has 1 atom stereocenters. The fourth-order valence-electron chi connectivity index (χ4n) is 3.86. The van der Waals surface area contributed by atoms with Crippen molar-refractivity contribution in [2.24, 2.45) is 0 Å². The lowest BCUT2D eigenvalue weighted by Gasteiger charge is -2.52. The molecular formula is C19H24N4O4. The van der Waals surface area contributed by atoms with Gasteiger partial charge in [0.25, 0.3) is 5.91 Å². The molecule has 2 saturated heterocycles. The number of ether oxygens (including phenoxy) is 2. The Kier molecular flexibility index (Phi) is 4.82. The van der Waals surface area contributed by atoms with Gasteiger partial charge in [0.05, 0.1) is 31.6 Å². The van der Waals surface area contributed by atoms with Crippen LogP contribution in [0.3, 0.4) is 0 Å². The molecule has 0 aromatic carbocycles. The van der Waals surface area contributed by atoms with Crippen molar-refractivity contribution in [3.63, 3.8) is 0 Å². The van der Waals surface area contributed by atoms with Crippen molar-refractivity contribution in [1.82, 2.24) is 20.0 Å². The molecule has 0 radical (unpaired) electrons. The minimum Gasteiger partial charge on any atom is -0.473 e. The molecular weight excluding hydrogens is 348 g/mol. The van der Waals surface area contributed by atoms with Crippen LogP contribution in [0.4, 0.5) is 0 Å². The summed E-state index contributed by atoms with van der Waals surface area (Å²) >= 11 is 0. The first-order valence-electron chi connectivity index (χ1n) is 9.41. The zero-order valence-electron chi connectivity index (χ0n) is 15.7. The summed E-state index contributed by atoms with van der Waals surface area (Å²) in [7, 11) is 0. The second kappa shape index (κ2) is 7.26. The molecule has 8 heteroatoms. The van der Waals surface area contributed by atoms with E-state index < -0.39 is 0 Å². The van der Waals surface area contributed by atoms with Crippen molar-refractivity contribution in [1.29, 1.82) is 0 Å². The summed E-state index contributed by atoms with van der Waals surface area (Å²) in [5.74, 6) is 1.17. The number of aromatic nitrogens is 3. The lowest BCUT2D eigenvalue weighted by Crippen LogP contribution is -2.67. The maximum Gasteiger partial charge on any atom is 0.259 e. The number of nitrogens with zero attached hydrogens (tertiary/aromatic N) is 4. The summed E-state index contributed by atoms with van der Waals surface area (Å²) < 4.78 is 17.3. The van der Waals surface area contributed by atoms with E-state index in [9.17, 15) is 4.79 Å². The van der Waals surface area contributed by atoms with Crippen LogP contribution in [0.15, 0.2) is 23.1 Å². The van der Waals surface area contributed by atoms with Crippen LogP contribution in [0.1, 0.15) is 48.0 Å². The number of likely N-dealkylation sites (tertiary alicyclic amines) is 1. The fourth-order valence-corrected chi connectivity index (χ4v) is 3.86. The summed E-state index contributed by atoms with van der Waals surface area (Å²) in [6.45, 7) is 5.59. The highest BCUT2D eigenvalue weighted by Crippen LogP contribution is 2.36. The van der Waals surface area contributed by atoms with Gasteiger partial charge in [-0.25, -0.2) is 4.98 Å². The van der Waals surface area contributed by atoms with Gasteiger partial charge in [0.1, 0.15) is 23.0 Å². The molecule has 144 valence electrons. The molecule has 2 aromatic rings. The third-order valence-corrected chi connectivity index (χ3v) is 5.14. The molecule has 27 heavy (non-hydrogen) atoms. The first kappa shape index (κ1) is 17.9. The number of aryl methyl sites for hydroxylation is 2. The average Bonchev–Trinajstić information content (AvgIpc) is 3.01. The monoisotopic (exact) mass is 372 g/mol. The second-order valence-electron chi connectivity index (χ2n) is 7.29. The minimum atomic E-state index is -0.337. The molecule has 4 heterocycles. The Balaban J connectivity index is 1.39. The molecule has 0 bridgehead atoms. The van der Waals surface area contributed by atoms with Gasteiger partial charge >= 0.3 is 0 Å². The maximum absolute atomic E-state index is 12.9. The summed E-state index contributed by atoms with van der Waals surface area (Å²) in [6.07, 6.45) is 8.02. The topological polar surface area (TPSA) is 90.6 Å². The van der Waals surface area contributed by atoms with Crippen molar-refractivity contribution in [2.45, 2.75) is 51.2 Å². The SMILES string of the molecule is CCCc1onc(C)c1C(=O)N1CC2(CC(Oc3cnccn3)CCO2)C1. The van der Waals surface area contributed by atoms with Crippen LogP contribution in [-0.4, -0.2) is 57.3 Å². The Morgan fingerprint density at radius 3 is 3.00 bits per heavy atom. The number of carbonyl (C=O) groups is 1. The Morgan fingerprint density at radius 1 is 1.41 bits per heavy atom. The number of hydrogen-bond donors (Lipinski definition) is 0. The third kappa shape index (κ3) is 3.53. The zero-order valence-corrected chi connectivity index (χ0v) is 15.7. The largest absolute Gasteiger partial charge is 0.473 e. The van der Waals surface area contributed by atoms with Crippen LogP contribution in [0, 0.1) is 6.92 Å². The number of carbonyl (C=O) groups excluding carboxylic acids is 1. The second-order valence-corrected chi connectivity index (χ2v) is 7.29. The fraction of sp³-hybridized carbons (Fsp3) is 0.579. The molecule has 0 saturated carbocycles. The minimum absolute atomic E-state index is 0.0145. The van der Waals surface area contributed by atoms with E-state index in [0.29, 0.717) is 49.0 Å². The quantitative estimate of drug-likeness (QED) is 0.794. The number of amides is 1. The van der Waals surface area contributed by atoms with Gasteiger partial charge in [-0.2, -0.15) is 0 Å². The van der Waals surface area contributed by atoms with Crippen molar-refractivity contribution < 1.29 is 18.8 Å². The van der Waals surface area contributed by atoms with Crippen LogP contribution in [0.2, 0.25) is 0 Å². The third-order valence-electron chi connectivity index (χ3n) is 5.14. The summed E-state index contributed by atoms with van der Waals surface area (Å²) in [4.78, 5) is 22.9. The van der Waals surface area contributed by atoms with Crippen LogP contribution >= 0.6 is 0 Å². The molecule has 8 nitrogen and oxygen atoms in total. The Labute approximate surface area is 157 Å². The van der Waals surface area contributed by atoms with E-state index in [2.05, 4.69) is 22.0 Å². The zero-order chi connectivity index (χ0) is 18.9. The van der Waals surface area contributed by atoms with Crippen LogP contribution < -0.4 is 4.74 Å². The molecule has 1 amide bonds. The standard InChI is InChI=1S/C19H24N4O4/c1-3-4-15-17(13(2)22-27-15)18(24)23-11-19(12-23)9-14(5-8-25-19)26-16-10-20-6-7-21-16/h6-7,10,14H,3-5,8-9,11-12H2,1-2H3. The van der Waals surface area contributed by atoms with E-state index in [-0.39, 0.29) is 17.6 Å². The first-order valence-corrected chi connectivity index (χ1v) is 9.41. The molecule has 1 unspecified atom stereocenters. The molecule has 2 aliphatic heterocycles. The van der Waals surface area contributed by atoms with Gasteiger partial charge in [-0.05, 0) is 13.3 Å². The number of rotatable bonds is 5. The lowest BCUT2D eigenvalue weighted by atomic mass is 9.84. The Bertz CT molecular complexity index is 801. The lowest BCUT2D eigenvalue weighted by molar-refractivity contribution is -0.174. The first-order chi connectivity index (χ1) is 13.1. The molecule has 0 aliphatic carbocycles. The van der Waals surface area contributed by atoms with E-state index in [0.717, 1.165) is 19.3 Å². The highest BCUT2D eigenvalue weighted by atomic mass is 16.5. The van der Waals surface area contributed by atoms with Gasteiger partial charge in [-0.3, -0.25) is 9.78 Å². The Morgan fingerprint density at radius 2 is 2.26 bits per heavy atom.